The van der Waals surface area contributed by atoms with E-state index in [2.05, 4.69) is 66.5 Å². The summed E-state index contributed by atoms with van der Waals surface area (Å²) in [5.74, 6) is 2.65. The molecule has 1 heterocycles. The molecule has 2 aromatic rings. The predicted octanol–water partition coefficient (Wildman–Crippen LogP) is 4.14. The summed E-state index contributed by atoms with van der Waals surface area (Å²) in [4.78, 5) is 9.20. The van der Waals surface area contributed by atoms with E-state index in [1.165, 1.54) is 11.1 Å². The minimum atomic E-state index is 0.820. The molecule has 0 bridgehead atoms. The van der Waals surface area contributed by atoms with Crippen LogP contribution in [0.4, 0.5) is 17.3 Å². The van der Waals surface area contributed by atoms with Gasteiger partial charge in [0.2, 0.25) is 0 Å². The smallest absolute Gasteiger partial charge is 0.139 e. The molecule has 0 unspecified atom stereocenters. The van der Waals surface area contributed by atoms with Crippen molar-refractivity contribution in [3.05, 3.63) is 40.7 Å². The highest BCUT2D eigenvalue weighted by atomic mass is 15.1. The van der Waals surface area contributed by atoms with Gasteiger partial charge >= 0.3 is 0 Å². The van der Waals surface area contributed by atoms with Crippen LogP contribution in [0.5, 0.6) is 0 Å². The van der Waals surface area contributed by atoms with E-state index in [4.69, 9.17) is 0 Å². The highest BCUT2D eigenvalue weighted by Crippen LogP contribution is 2.26. The molecule has 1 aromatic heterocycles. The Morgan fingerprint density at radius 1 is 0.952 bits per heavy atom. The molecule has 4 nitrogen and oxygen atoms in total. The standard InChI is InChI=1S/C17H24N4/c1-6-15-20-16(18-7-2)13(5)17(21-15)19-14-10-8-9-11(3)12(14)4/h8-10H,6-7H2,1-5H3,(H2,18,19,20,21). The van der Waals surface area contributed by atoms with Gasteiger partial charge in [0.1, 0.15) is 17.5 Å². The van der Waals surface area contributed by atoms with Gasteiger partial charge in [-0.2, -0.15) is 0 Å². The van der Waals surface area contributed by atoms with Crippen molar-refractivity contribution in [2.45, 2.75) is 41.0 Å². The number of nitrogens with one attached hydrogen (secondary N) is 2. The van der Waals surface area contributed by atoms with Crippen LogP contribution in [0.15, 0.2) is 18.2 Å². The van der Waals surface area contributed by atoms with E-state index in [1.807, 2.05) is 6.92 Å². The number of nitrogens with zero attached hydrogens (tertiary/aromatic N) is 2. The molecule has 0 aliphatic rings. The lowest BCUT2D eigenvalue weighted by atomic mass is 10.1. The van der Waals surface area contributed by atoms with Gasteiger partial charge in [-0.05, 0) is 44.9 Å². The third kappa shape index (κ3) is 3.32. The van der Waals surface area contributed by atoms with Crippen LogP contribution in [-0.4, -0.2) is 16.5 Å². The topological polar surface area (TPSA) is 49.8 Å². The summed E-state index contributed by atoms with van der Waals surface area (Å²) in [7, 11) is 0. The normalized spacial score (nSPS) is 10.5. The van der Waals surface area contributed by atoms with Gasteiger partial charge in [-0.25, -0.2) is 9.97 Å². The van der Waals surface area contributed by atoms with Gasteiger partial charge in [0.05, 0.1) is 0 Å². The van der Waals surface area contributed by atoms with Gasteiger partial charge in [-0.15, -0.1) is 0 Å². The van der Waals surface area contributed by atoms with Crippen LogP contribution in [0.3, 0.4) is 0 Å². The molecule has 4 heteroatoms. The second kappa shape index (κ2) is 6.57. The Kier molecular flexibility index (Phi) is 4.78. The molecule has 0 atom stereocenters. The fourth-order valence-electron chi connectivity index (χ4n) is 2.20. The Hall–Kier alpha value is -2.10. The molecular formula is C17H24N4. The second-order valence-corrected chi connectivity index (χ2v) is 5.22. The van der Waals surface area contributed by atoms with E-state index in [1.54, 1.807) is 0 Å². The minimum absolute atomic E-state index is 0.820. The zero-order valence-electron chi connectivity index (χ0n) is 13.5. The van der Waals surface area contributed by atoms with Crippen molar-refractivity contribution in [2.75, 3.05) is 17.2 Å². The maximum atomic E-state index is 4.64. The Bertz CT molecular complexity index is 635. The molecule has 21 heavy (non-hydrogen) atoms. The number of rotatable bonds is 5. The lowest BCUT2D eigenvalue weighted by Gasteiger charge is -2.16. The van der Waals surface area contributed by atoms with Crippen LogP contribution in [0, 0.1) is 20.8 Å². The van der Waals surface area contributed by atoms with Crippen LogP contribution in [0.25, 0.3) is 0 Å². The molecule has 0 saturated carbocycles. The van der Waals surface area contributed by atoms with Crippen LogP contribution in [0.2, 0.25) is 0 Å². The van der Waals surface area contributed by atoms with Gasteiger partial charge < -0.3 is 10.6 Å². The highest BCUT2D eigenvalue weighted by molar-refractivity contribution is 5.67. The maximum Gasteiger partial charge on any atom is 0.139 e. The summed E-state index contributed by atoms with van der Waals surface area (Å²) in [6.45, 7) is 11.3. The molecule has 0 aliphatic carbocycles. The Balaban J connectivity index is 2.43. The molecular weight excluding hydrogens is 260 g/mol. The van der Waals surface area contributed by atoms with Crippen molar-refractivity contribution in [3.63, 3.8) is 0 Å². The summed E-state index contributed by atoms with van der Waals surface area (Å²) in [5.41, 5.74) is 4.67. The van der Waals surface area contributed by atoms with Gasteiger partial charge in [0.25, 0.3) is 0 Å². The maximum absolute atomic E-state index is 4.64. The van der Waals surface area contributed by atoms with Gasteiger partial charge in [0.15, 0.2) is 0 Å². The van der Waals surface area contributed by atoms with Gasteiger partial charge in [0, 0.05) is 24.2 Å². The first-order valence-electron chi connectivity index (χ1n) is 7.51. The summed E-state index contributed by atoms with van der Waals surface area (Å²) < 4.78 is 0. The average Bonchev–Trinajstić information content (AvgIpc) is 2.48. The van der Waals surface area contributed by atoms with Gasteiger partial charge in [-0.1, -0.05) is 19.1 Å². The molecule has 0 aliphatic heterocycles. The molecule has 112 valence electrons. The second-order valence-electron chi connectivity index (χ2n) is 5.22. The van der Waals surface area contributed by atoms with E-state index >= 15 is 0 Å². The number of aromatic nitrogens is 2. The largest absolute Gasteiger partial charge is 0.370 e. The molecule has 2 rings (SSSR count). The van der Waals surface area contributed by atoms with Gasteiger partial charge in [-0.3, -0.25) is 0 Å². The summed E-state index contributed by atoms with van der Waals surface area (Å²) in [6.07, 6.45) is 0.820. The summed E-state index contributed by atoms with van der Waals surface area (Å²) >= 11 is 0. The van der Waals surface area contributed by atoms with Crippen LogP contribution >= 0.6 is 0 Å². The number of benzene rings is 1. The lowest BCUT2D eigenvalue weighted by Crippen LogP contribution is -2.09. The summed E-state index contributed by atoms with van der Waals surface area (Å²) in [6, 6.07) is 6.27. The fourth-order valence-corrected chi connectivity index (χ4v) is 2.20. The molecule has 0 saturated heterocycles. The number of hydrogen-bond donors (Lipinski definition) is 2. The van der Waals surface area contributed by atoms with Crippen molar-refractivity contribution in [1.29, 1.82) is 0 Å². The van der Waals surface area contributed by atoms with E-state index in [9.17, 15) is 0 Å². The fraction of sp³-hybridized carbons (Fsp3) is 0.412. The monoisotopic (exact) mass is 284 g/mol. The predicted molar refractivity (Wildman–Crippen MR) is 89.5 cm³/mol. The Morgan fingerprint density at radius 3 is 2.33 bits per heavy atom. The summed E-state index contributed by atoms with van der Waals surface area (Å²) in [5, 5.41) is 6.78. The van der Waals surface area contributed by atoms with E-state index in [0.717, 1.165) is 41.7 Å². The first-order chi connectivity index (χ1) is 10.1. The molecule has 1 aromatic carbocycles. The number of aryl methyl sites for hydroxylation is 2. The van der Waals surface area contributed by atoms with E-state index in [-0.39, 0.29) is 0 Å². The van der Waals surface area contributed by atoms with E-state index < -0.39 is 0 Å². The van der Waals surface area contributed by atoms with Crippen LogP contribution < -0.4 is 10.6 Å². The molecule has 0 radical (unpaired) electrons. The van der Waals surface area contributed by atoms with Crippen molar-refractivity contribution in [2.24, 2.45) is 0 Å². The van der Waals surface area contributed by atoms with E-state index in [0.29, 0.717) is 0 Å². The molecule has 2 N–H and O–H groups in total. The SMILES string of the molecule is CCNc1nc(CC)nc(Nc2cccc(C)c2C)c1C. The molecule has 0 amide bonds. The van der Waals surface area contributed by atoms with Crippen LogP contribution in [0.1, 0.15) is 36.4 Å². The van der Waals surface area contributed by atoms with Crippen LogP contribution in [-0.2, 0) is 6.42 Å². The first kappa shape index (κ1) is 15.3. The van der Waals surface area contributed by atoms with Crippen molar-refractivity contribution >= 4 is 17.3 Å². The first-order valence-corrected chi connectivity index (χ1v) is 7.51. The average molecular weight is 284 g/mol. The Morgan fingerprint density at radius 2 is 1.67 bits per heavy atom. The third-order valence-electron chi connectivity index (χ3n) is 3.71. The van der Waals surface area contributed by atoms with Crippen molar-refractivity contribution < 1.29 is 0 Å². The quantitative estimate of drug-likeness (QED) is 0.866. The molecule has 0 fully saturated rings. The zero-order chi connectivity index (χ0) is 15.4. The number of hydrogen-bond acceptors (Lipinski definition) is 4. The van der Waals surface area contributed by atoms with Crippen molar-refractivity contribution in [3.8, 4) is 0 Å². The highest BCUT2D eigenvalue weighted by Gasteiger charge is 2.11. The number of anilines is 3. The lowest BCUT2D eigenvalue weighted by molar-refractivity contribution is 0.929. The molecule has 0 spiro atoms. The third-order valence-corrected chi connectivity index (χ3v) is 3.71. The Labute approximate surface area is 127 Å². The zero-order valence-corrected chi connectivity index (χ0v) is 13.5. The minimum Gasteiger partial charge on any atom is -0.370 e. The van der Waals surface area contributed by atoms with Crippen molar-refractivity contribution in [1.82, 2.24) is 9.97 Å².